The summed E-state index contributed by atoms with van der Waals surface area (Å²) in [6.45, 7) is 0. The van der Waals surface area contributed by atoms with Gasteiger partial charge < -0.3 is 19.3 Å². The molecule has 1 aliphatic rings. The Hall–Kier alpha value is -2.30. The first-order valence-corrected chi connectivity index (χ1v) is 8.13. The van der Waals surface area contributed by atoms with Gasteiger partial charge in [-0.05, 0) is 18.9 Å². The van der Waals surface area contributed by atoms with Crippen molar-refractivity contribution in [3.63, 3.8) is 0 Å². The van der Waals surface area contributed by atoms with Crippen LogP contribution >= 0.6 is 0 Å². The fraction of sp³-hybridized carbons (Fsp3) is 0.308. The Morgan fingerprint density at radius 2 is 2.26 bits per heavy atom. The van der Waals surface area contributed by atoms with E-state index in [1.54, 1.807) is 6.20 Å². The summed E-state index contributed by atoms with van der Waals surface area (Å²) in [6, 6.07) is 2.06. The van der Waals surface area contributed by atoms with Crippen molar-refractivity contribution in [3.8, 4) is 11.5 Å². The molecule has 1 unspecified atom stereocenters. The van der Waals surface area contributed by atoms with E-state index in [1.165, 1.54) is 6.39 Å². The average Bonchev–Trinajstić information content (AvgIpc) is 3.15. The molecule has 3 aromatic heterocycles. The van der Waals surface area contributed by atoms with Gasteiger partial charge >= 0.3 is 0 Å². The maximum absolute atomic E-state index is 10.6. The third kappa shape index (κ3) is 2.71. The van der Waals surface area contributed by atoms with Crippen molar-refractivity contribution in [1.82, 2.24) is 24.9 Å². The highest BCUT2D eigenvalue weighted by molar-refractivity contribution is 7.77. The number of aromatic nitrogens is 4. The Kier molecular flexibility index (Phi) is 3.56. The van der Waals surface area contributed by atoms with E-state index in [1.807, 2.05) is 12.3 Å². The molecule has 0 amide bonds. The highest BCUT2D eigenvalue weighted by Gasteiger charge is 2.30. The van der Waals surface area contributed by atoms with Crippen molar-refractivity contribution in [3.05, 3.63) is 24.9 Å². The van der Waals surface area contributed by atoms with Gasteiger partial charge in [-0.1, -0.05) is 0 Å². The second kappa shape index (κ2) is 5.72. The van der Waals surface area contributed by atoms with Crippen LogP contribution in [-0.4, -0.2) is 41.0 Å². The van der Waals surface area contributed by atoms with Crippen molar-refractivity contribution < 1.29 is 13.2 Å². The van der Waals surface area contributed by atoms with Crippen LogP contribution in [0.1, 0.15) is 12.8 Å². The van der Waals surface area contributed by atoms with E-state index in [0.29, 0.717) is 18.7 Å². The number of aromatic amines is 1. The molecule has 0 radical (unpaired) electrons. The second-order valence-corrected chi connectivity index (χ2v) is 6.10. The lowest BCUT2D eigenvalue weighted by Gasteiger charge is -2.37. The minimum Gasteiger partial charge on any atom is -0.760 e. The molecule has 9 nitrogen and oxygen atoms in total. The van der Waals surface area contributed by atoms with Crippen molar-refractivity contribution in [2.45, 2.75) is 24.9 Å². The fourth-order valence-corrected chi connectivity index (χ4v) is 3.25. The highest BCUT2D eigenvalue weighted by Crippen LogP contribution is 2.35. The Bertz CT molecular complexity index is 843. The first-order chi connectivity index (χ1) is 11.2. The van der Waals surface area contributed by atoms with Crippen LogP contribution in [0, 0.1) is 0 Å². The molecule has 3 N–H and O–H groups in total. The molecule has 3 heterocycles. The van der Waals surface area contributed by atoms with Crippen molar-refractivity contribution in [1.29, 1.82) is 0 Å². The summed E-state index contributed by atoms with van der Waals surface area (Å²) in [7, 11) is 0. The molecule has 0 aliphatic heterocycles. The third-order valence-corrected chi connectivity index (χ3v) is 4.45. The number of pyridine rings is 1. The molecule has 3 aromatic rings. The molecule has 1 fully saturated rings. The number of hydrogen-bond acceptors (Lipinski definition) is 7. The summed E-state index contributed by atoms with van der Waals surface area (Å²) in [5, 5.41) is 12.0. The van der Waals surface area contributed by atoms with Gasteiger partial charge in [-0.25, -0.2) is 9.71 Å². The van der Waals surface area contributed by atoms with Gasteiger partial charge in [0.25, 0.3) is 5.89 Å². The highest BCUT2D eigenvalue weighted by atomic mass is 32.2. The molecule has 1 atom stereocenters. The monoisotopic (exact) mass is 333 g/mol. The number of hydrogen-bond donors (Lipinski definition) is 3. The van der Waals surface area contributed by atoms with E-state index < -0.39 is 11.3 Å². The molecule has 10 heteroatoms. The van der Waals surface area contributed by atoms with E-state index in [9.17, 15) is 8.76 Å². The van der Waals surface area contributed by atoms with Crippen LogP contribution in [-0.2, 0) is 11.3 Å². The van der Waals surface area contributed by atoms with E-state index in [-0.39, 0.29) is 12.1 Å². The maximum Gasteiger partial charge on any atom is 0.251 e. The Morgan fingerprint density at radius 1 is 1.39 bits per heavy atom. The lowest BCUT2D eigenvalue weighted by Crippen LogP contribution is -2.48. The van der Waals surface area contributed by atoms with Crippen LogP contribution in [0.15, 0.2) is 29.3 Å². The quantitative estimate of drug-likeness (QED) is 0.592. The normalized spacial score (nSPS) is 22.0. The molecule has 0 aromatic carbocycles. The van der Waals surface area contributed by atoms with Crippen LogP contribution < -0.4 is 10.0 Å². The molecule has 1 saturated carbocycles. The maximum atomic E-state index is 10.6. The molecule has 120 valence electrons. The number of nitrogens with one attached hydrogen (secondary N) is 3. The topological polar surface area (TPSA) is 132 Å². The van der Waals surface area contributed by atoms with E-state index >= 15 is 0 Å². The molecule has 0 saturated heterocycles. The van der Waals surface area contributed by atoms with Crippen LogP contribution in [0.4, 0.5) is 5.69 Å². The molecular weight excluding hydrogens is 320 g/mol. The van der Waals surface area contributed by atoms with Gasteiger partial charge in [-0.2, -0.15) is 0 Å². The fourth-order valence-electron chi connectivity index (χ4n) is 2.79. The molecule has 1 aliphatic carbocycles. The Labute approximate surface area is 133 Å². The van der Waals surface area contributed by atoms with Gasteiger partial charge in [-0.3, -0.25) is 4.21 Å². The number of nitrogens with zero attached hydrogens (tertiary/aromatic N) is 3. The standard InChI is InChI=1S/C13H14N6O3S/c20-23(21)19-8-3-7(4-8)17-11-9-1-2-14-12(9)15-5-10(11)13-18-16-6-22-13/h1-2,5-8,19H,3-4H2,(H,20,21)(H2,14,15,17)/p-1. The van der Waals surface area contributed by atoms with Gasteiger partial charge in [0.05, 0.1) is 11.3 Å². The van der Waals surface area contributed by atoms with Gasteiger partial charge in [0, 0.05) is 41.1 Å². The number of H-pyrrole nitrogens is 1. The summed E-state index contributed by atoms with van der Waals surface area (Å²) in [4.78, 5) is 7.41. The minimum absolute atomic E-state index is 0.0266. The smallest absolute Gasteiger partial charge is 0.251 e. The van der Waals surface area contributed by atoms with Gasteiger partial charge in [0.1, 0.15) is 5.65 Å². The number of fused-ring (bicyclic) bond motifs is 1. The first-order valence-electron chi connectivity index (χ1n) is 7.05. The summed E-state index contributed by atoms with van der Waals surface area (Å²) in [5.74, 6) is 0.387. The summed E-state index contributed by atoms with van der Waals surface area (Å²) >= 11 is -2.23. The van der Waals surface area contributed by atoms with E-state index in [4.69, 9.17) is 4.42 Å². The summed E-state index contributed by atoms with van der Waals surface area (Å²) in [6.07, 6.45) is 6.19. The Morgan fingerprint density at radius 3 is 3.00 bits per heavy atom. The molecular formula is C13H13N6O3S-. The van der Waals surface area contributed by atoms with Crippen LogP contribution in [0.3, 0.4) is 0 Å². The zero-order chi connectivity index (χ0) is 15.8. The SMILES string of the molecule is O=S([O-])NC1CC(Nc2c(-c3nnco3)cnc3[nH]ccc23)C1. The van der Waals surface area contributed by atoms with Crippen LogP contribution in [0.5, 0.6) is 0 Å². The second-order valence-electron chi connectivity index (χ2n) is 5.39. The molecule has 0 spiro atoms. The first kappa shape index (κ1) is 14.3. The molecule has 0 bridgehead atoms. The van der Waals surface area contributed by atoms with Gasteiger partial charge in [-0.15, -0.1) is 10.2 Å². The predicted octanol–water partition coefficient (Wildman–Crippen LogP) is 0.939. The average molecular weight is 333 g/mol. The largest absolute Gasteiger partial charge is 0.760 e. The molecule has 4 rings (SSSR count). The minimum atomic E-state index is -2.23. The van der Waals surface area contributed by atoms with Crippen molar-refractivity contribution in [2.24, 2.45) is 0 Å². The van der Waals surface area contributed by atoms with Gasteiger partial charge in [0.2, 0.25) is 6.39 Å². The third-order valence-electron chi connectivity index (χ3n) is 3.93. The Balaban J connectivity index is 1.62. The van der Waals surface area contributed by atoms with Gasteiger partial charge in [0.15, 0.2) is 0 Å². The lowest BCUT2D eigenvalue weighted by atomic mass is 9.87. The van der Waals surface area contributed by atoms with E-state index in [2.05, 4.69) is 30.2 Å². The van der Waals surface area contributed by atoms with Crippen molar-refractivity contribution in [2.75, 3.05) is 5.32 Å². The molecule has 23 heavy (non-hydrogen) atoms. The van der Waals surface area contributed by atoms with E-state index in [0.717, 1.165) is 22.3 Å². The van der Waals surface area contributed by atoms with Crippen LogP contribution in [0.25, 0.3) is 22.5 Å². The van der Waals surface area contributed by atoms with Crippen LogP contribution in [0.2, 0.25) is 0 Å². The zero-order valence-electron chi connectivity index (χ0n) is 11.9. The lowest BCUT2D eigenvalue weighted by molar-refractivity contribution is 0.342. The summed E-state index contributed by atoms with van der Waals surface area (Å²) in [5.41, 5.74) is 2.33. The number of rotatable bonds is 5. The predicted molar refractivity (Wildman–Crippen MR) is 81.9 cm³/mol. The van der Waals surface area contributed by atoms with Crippen molar-refractivity contribution >= 4 is 28.0 Å². The summed E-state index contributed by atoms with van der Waals surface area (Å²) < 4.78 is 29.1. The number of anilines is 1. The zero-order valence-corrected chi connectivity index (χ0v) is 12.7.